The number of aromatic amines is 1. The number of hydrogen-bond acceptors (Lipinski definition) is 6. The lowest BCUT2D eigenvalue weighted by Gasteiger charge is -2.37. The fraction of sp³-hybridized carbons (Fsp3) is 0.278. The first-order valence-electron chi connectivity index (χ1n) is 8.67. The summed E-state index contributed by atoms with van der Waals surface area (Å²) in [5.41, 5.74) is -0.225. The SMILES string of the molecule is O=C(CCn1ccc(=O)[nH]c1=O)N1CC(c2nc(-c3cccc(Cl)c3)no2)C1. The van der Waals surface area contributed by atoms with Crippen molar-refractivity contribution in [2.24, 2.45) is 0 Å². The summed E-state index contributed by atoms with van der Waals surface area (Å²) in [6.45, 7) is 1.17. The average Bonchev–Trinajstić information content (AvgIpc) is 3.09. The molecule has 0 saturated carbocycles. The molecule has 1 fully saturated rings. The van der Waals surface area contributed by atoms with Crippen molar-refractivity contribution in [3.8, 4) is 11.4 Å². The molecule has 1 aromatic carbocycles. The monoisotopic (exact) mass is 401 g/mol. The van der Waals surface area contributed by atoms with Crippen molar-refractivity contribution in [2.75, 3.05) is 13.1 Å². The second-order valence-electron chi connectivity index (χ2n) is 6.52. The van der Waals surface area contributed by atoms with Crippen LogP contribution in [-0.2, 0) is 11.3 Å². The van der Waals surface area contributed by atoms with Gasteiger partial charge in [0.15, 0.2) is 0 Å². The maximum absolute atomic E-state index is 12.3. The van der Waals surface area contributed by atoms with Gasteiger partial charge in [-0.3, -0.25) is 14.6 Å². The van der Waals surface area contributed by atoms with Gasteiger partial charge >= 0.3 is 5.69 Å². The molecule has 0 unspecified atom stereocenters. The first-order valence-corrected chi connectivity index (χ1v) is 9.04. The molecular weight excluding hydrogens is 386 g/mol. The van der Waals surface area contributed by atoms with Crippen molar-refractivity contribution in [2.45, 2.75) is 18.9 Å². The predicted molar refractivity (Wildman–Crippen MR) is 100 cm³/mol. The highest BCUT2D eigenvalue weighted by Crippen LogP contribution is 2.28. The quantitative estimate of drug-likeness (QED) is 0.688. The molecule has 3 heterocycles. The third kappa shape index (κ3) is 3.74. The average molecular weight is 402 g/mol. The molecule has 2 aromatic heterocycles. The van der Waals surface area contributed by atoms with Gasteiger partial charge in [0, 0.05) is 48.9 Å². The second kappa shape index (κ2) is 7.43. The minimum absolute atomic E-state index is 0.0137. The number of carbonyl (C=O) groups is 1. The molecule has 1 aliphatic rings. The molecule has 3 aromatic rings. The molecule has 1 aliphatic heterocycles. The van der Waals surface area contributed by atoms with Gasteiger partial charge in [-0.2, -0.15) is 4.98 Å². The van der Waals surface area contributed by atoms with Crippen molar-refractivity contribution in [1.29, 1.82) is 0 Å². The minimum Gasteiger partial charge on any atom is -0.341 e. The molecule has 0 aliphatic carbocycles. The van der Waals surface area contributed by atoms with Crippen LogP contribution in [-0.4, -0.2) is 43.6 Å². The van der Waals surface area contributed by atoms with Crippen LogP contribution >= 0.6 is 11.6 Å². The normalized spacial score (nSPS) is 14.1. The lowest BCUT2D eigenvalue weighted by atomic mass is 9.99. The number of halogens is 1. The van der Waals surface area contributed by atoms with Crippen molar-refractivity contribution >= 4 is 17.5 Å². The summed E-state index contributed by atoms with van der Waals surface area (Å²) in [4.78, 5) is 43.2. The van der Waals surface area contributed by atoms with Gasteiger partial charge in [-0.25, -0.2) is 4.79 Å². The second-order valence-corrected chi connectivity index (χ2v) is 6.95. The van der Waals surface area contributed by atoms with Crippen LogP contribution < -0.4 is 11.2 Å². The number of likely N-dealkylation sites (tertiary alicyclic amines) is 1. The number of benzene rings is 1. The van der Waals surface area contributed by atoms with Crippen LogP contribution in [0.15, 0.2) is 50.6 Å². The van der Waals surface area contributed by atoms with E-state index in [2.05, 4.69) is 15.1 Å². The summed E-state index contributed by atoms with van der Waals surface area (Å²) in [6, 6.07) is 8.42. The van der Waals surface area contributed by atoms with E-state index in [-0.39, 0.29) is 24.8 Å². The van der Waals surface area contributed by atoms with Crippen LogP contribution in [0.1, 0.15) is 18.2 Å². The molecular formula is C18H16ClN5O4. The third-order valence-electron chi connectivity index (χ3n) is 4.57. The molecule has 1 N–H and O–H groups in total. The molecule has 1 saturated heterocycles. The number of hydrogen-bond donors (Lipinski definition) is 1. The number of aryl methyl sites for hydroxylation is 1. The zero-order chi connectivity index (χ0) is 19.7. The topological polar surface area (TPSA) is 114 Å². The zero-order valence-corrected chi connectivity index (χ0v) is 15.4. The Bertz CT molecular complexity index is 1130. The fourth-order valence-electron chi connectivity index (χ4n) is 2.98. The summed E-state index contributed by atoms with van der Waals surface area (Å²) in [6.07, 6.45) is 1.54. The molecule has 9 nitrogen and oxygen atoms in total. The Labute approximate surface area is 163 Å². The van der Waals surface area contributed by atoms with Crippen LogP contribution in [0.4, 0.5) is 0 Å². The minimum atomic E-state index is -0.527. The fourth-order valence-corrected chi connectivity index (χ4v) is 3.17. The molecule has 28 heavy (non-hydrogen) atoms. The Hall–Kier alpha value is -3.20. The van der Waals surface area contributed by atoms with Crippen molar-refractivity contribution in [3.05, 3.63) is 68.3 Å². The molecule has 0 atom stereocenters. The standard InChI is InChI=1S/C18H16ClN5O4/c19-13-3-1-2-11(8-13)16-21-17(28-22-16)12-9-24(10-12)15(26)5-7-23-6-4-14(25)20-18(23)27/h1-4,6,8,12H,5,7,9-10H2,(H,20,25,27). The summed E-state index contributed by atoms with van der Waals surface area (Å²) in [5, 5.41) is 4.57. The van der Waals surface area contributed by atoms with Gasteiger partial charge in [-0.05, 0) is 12.1 Å². The molecule has 4 rings (SSSR count). The number of H-pyrrole nitrogens is 1. The van der Waals surface area contributed by atoms with E-state index in [1.54, 1.807) is 17.0 Å². The lowest BCUT2D eigenvalue weighted by Crippen LogP contribution is -2.49. The Morgan fingerprint density at radius 2 is 2.11 bits per heavy atom. The first-order chi connectivity index (χ1) is 13.5. The van der Waals surface area contributed by atoms with E-state index in [0.717, 1.165) is 5.56 Å². The lowest BCUT2D eigenvalue weighted by molar-refractivity contribution is -0.136. The number of amides is 1. The van der Waals surface area contributed by atoms with E-state index in [0.29, 0.717) is 29.8 Å². The highest BCUT2D eigenvalue weighted by Gasteiger charge is 2.35. The largest absolute Gasteiger partial charge is 0.341 e. The van der Waals surface area contributed by atoms with E-state index in [4.69, 9.17) is 16.1 Å². The molecule has 1 amide bonds. The molecule has 0 radical (unpaired) electrons. The Balaban J connectivity index is 1.32. The van der Waals surface area contributed by atoms with E-state index < -0.39 is 11.2 Å². The number of aromatic nitrogens is 4. The Morgan fingerprint density at radius 3 is 2.86 bits per heavy atom. The van der Waals surface area contributed by atoms with E-state index in [1.165, 1.54) is 16.8 Å². The number of nitrogens with zero attached hydrogens (tertiary/aromatic N) is 4. The molecule has 10 heteroatoms. The van der Waals surface area contributed by atoms with Gasteiger partial charge in [-0.15, -0.1) is 0 Å². The number of rotatable bonds is 5. The summed E-state index contributed by atoms with van der Waals surface area (Å²) >= 11 is 5.98. The smallest absolute Gasteiger partial charge is 0.328 e. The molecule has 0 bridgehead atoms. The van der Waals surface area contributed by atoms with Gasteiger partial charge in [-0.1, -0.05) is 28.9 Å². The number of nitrogens with one attached hydrogen (secondary N) is 1. The van der Waals surface area contributed by atoms with Crippen LogP contribution in [0.2, 0.25) is 5.02 Å². The maximum atomic E-state index is 12.3. The van der Waals surface area contributed by atoms with E-state index >= 15 is 0 Å². The van der Waals surface area contributed by atoms with Gasteiger partial charge < -0.3 is 14.0 Å². The van der Waals surface area contributed by atoms with Gasteiger partial charge in [0.2, 0.25) is 17.6 Å². The third-order valence-corrected chi connectivity index (χ3v) is 4.81. The van der Waals surface area contributed by atoms with Gasteiger partial charge in [0.1, 0.15) is 0 Å². The summed E-state index contributed by atoms with van der Waals surface area (Å²) < 4.78 is 6.62. The zero-order valence-electron chi connectivity index (χ0n) is 14.7. The van der Waals surface area contributed by atoms with Crippen molar-refractivity contribution in [1.82, 2.24) is 24.6 Å². The van der Waals surface area contributed by atoms with E-state index in [9.17, 15) is 14.4 Å². The van der Waals surface area contributed by atoms with Crippen LogP contribution in [0.3, 0.4) is 0 Å². The predicted octanol–water partition coefficient (Wildman–Crippen LogP) is 1.26. The first kappa shape index (κ1) is 18.2. The van der Waals surface area contributed by atoms with Crippen LogP contribution in [0.5, 0.6) is 0 Å². The maximum Gasteiger partial charge on any atom is 0.328 e. The highest BCUT2D eigenvalue weighted by molar-refractivity contribution is 6.30. The summed E-state index contributed by atoms with van der Waals surface area (Å²) in [7, 11) is 0. The summed E-state index contributed by atoms with van der Waals surface area (Å²) in [5.74, 6) is 0.847. The highest BCUT2D eigenvalue weighted by atomic mass is 35.5. The van der Waals surface area contributed by atoms with Crippen molar-refractivity contribution in [3.63, 3.8) is 0 Å². The van der Waals surface area contributed by atoms with Crippen LogP contribution in [0.25, 0.3) is 11.4 Å². The van der Waals surface area contributed by atoms with Crippen LogP contribution in [0, 0.1) is 0 Å². The molecule has 0 spiro atoms. The van der Waals surface area contributed by atoms with Crippen molar-refractivity contribution < 1.29 is 9.32 Å². The van der Waals surface area contributed by atoms with Gasteiger partial charge in [0.05, 0.1) is 5.92 Å². The molecule has 144 valence electrons. The van der Waals surface area contributed by atoms with Gasteiger partial charge in [0.25, 0.3) is 5.56 Å². The Kier molecular flexibility index (Phi) is 4.82. The van der Waals surface area contributed by atoms with E-state index in [1.807, 2.05) is 12.1 Å². The Morgan fingerprint density at radius 1 is 1.29 bits per heavy atom. The number of carbonyl (C=O) groups excluding carboxylic acids is 1.